The van der Waals surface area contributed by atoms with E-state index in [9.17, 15) is 18.0 Å². The summed E-state index contributed by atoms with van der Waals surface area (Å²) in [5, 5.41) is -0.302. The number of nitrogens with two attached hydrogens (primary N) is 2. The summed E-state index contributed by atoms with van der Waals surface area (Å²) in [6.45, 7) is 0. The lowest BCUT2D eigenvalue weighted by Gasteiger charge is -2.11. The molecular formula is C14H9F3N4OS. The van der Waals surface area contributed by atoms with Crippen LogP contribution in [0.3, 0.4) is 0 Å². The fourth-order valence-electron chi connectivity index (χ4n) is 2.19. The molecule has 9 heteroatoms. The molecule has 5 nitrogen and oxygen atoms in total. The summed E-state index contributed by atoms with van der Waals surface area (Å²) in [5.74, 6) is -0.887. The number of anilines is 1. The van der Waals surface area contributed by atoms with Crippen LogP contribution in [0.5, 0.6) is 0 Å². The standard InChI is InChI=1S/C14H9F3N4OS/c15-14(16,17)7-4-8(6-2-1-3-20-5-6)21-13-9(7)10(18)11(23-13)12(19)22/h1-5H,18H2,(H2,19,22). The monoisotopic (exact) mass is 338 g/mol. The Morgan fingerprint density at radius 1 is 1.30 bits per heavy atom. The third-order valence-electron chi connectivity index (χ3n) is 3.19. The van der Waals surface area contributed by atoms with Crippen LogP contribution >= 0.6 is 11.3 Å². The first-order chi connectivity index (χ1) is 10.8. The van der Waals surface area contributed by atoms with Gasteiger partial charge in [0.15, 0.2) is 0 Å². The number of carbonyl (C=O) groups is 1. The van der Waals surface area contributed by atoms with Gasteiger partial charge in [-0.25, -0.2) is 4.98 Å². The van der Waals surface area contributed by atoms with E-state index in [2.05, 4.69) is 9.97 Å². The second-order valence-electron chi connectivity index (χ2n) is 4.68. The Hall–Kier alpha value is -2.68. The SMILES string of the molecule is NC(=O)c1sc2nc(-c3cccnc3)cc(C(F)(F)F)c2c1N. The third-order valence-corrected chi connectivity index (χ3v) is 4.30. The van der Waals surface area contributed by atoms with Crippen LogP contribution in [0.2, 0.25) is 0 Å². The number of pyridine rings is 2. The molecule has 0 aliphatic carbocycles. The molecule has 23 heavy (non-hydrogen) atoms. The average Bonchev–Trinajstić information content (AvgIpc) is 2.84. The minimum absolute atomic E-state index is 0.00461. The molecule has 0 saturated heterocycles. The van der Waals surface area contributed by atoms with Crippen LogP contribution in [0.25, 0.3) is 21.5 Å². The van der Waals surface area contributed by atoms with E-state index in [1.165, 1.54) is 12.4 Å². The van der Waals surface area contributed by atoms with Crippen molar-refractivity contribution in [2.75, 3.05) is 5.73 Å². The first-order valence-corrected chi connectivity index (χ1v) is 7.11. The van der Waals surface area contributed by atoms with Gasteiger partial charge in [0, 0.05) is 23.3 Å². The van der Waals surface area contributed by atoms with Crippen LogP contribution in [0.15, 0.2) is 30.6 Å². The predicted molar refractivity (Wildman–Crippen MR) is 80.8 cm³/mol. The van der Waals surface area contributed by atoms with Crippen molar-refractivity contribution in [3.63, 3.8) is 0 Å². The van der Waals surface area contributed by atoms with Gasteiger partial charge in [-0.15, -0.1) is 11.3 Å². The fraction of sp³-hybridized carbons (Fsp3) is 0.0714. The zero-order chi connectivity index (χ0) is 16.8. The number of alkyl halides is 3. The number of nitrogen functional groups attached to an aromatic ring is 1. The van der Waals surface area contributed by atoms with E-state index < -0.39 is 17.6 Å². The van der Waals surface area contributed by atoms with Gasteiger partial charge in [0.05, 0.1) is 16.9 Å². The number of hydrogen-bond acceptors (Lipinski definition) is 5. The number of fused-ring (bicyclic) bond motifs is 1. The second-order valence-corrected chi connectivity index (χ2v) is 5.68. The Labute approximate surface area is 131 Å². The first kappa shape index (κ1) is 15.2. The highest BCUT2D eigenvalue weighted by atomic mass is 32.1. The van der Waals surface area contributed by atoms with Crippen molar-refractivity contribution in [3.8, 4) is 11.3 Å². The molecule has 0 aliphatic heterocycles. The molecule has 0 fully saturated rings. The Kier molecular flexibility index (Phi) is 3.44. The van der Waals surface area contributed by atoms with Crippen LogP contribution in [-0.2, 0) is 6.18 Å². The van der Waals surface area contributed by atoms with Crippen LogP contribution in [0.1, 0.15) is 15.2 Å². The topological polar surface area (TPSA) is 94.9 Å². The molecule has 0 bridgehead atoms. The van der Waals surface area contributed by atoms with Crippen molar-refractivity contribution >= 4 is 33.1 Å². The molecule has 0 atom stereocenters. The number of thiophene rings is 1. The Morgan fingerprint density at radius 3 is 2.61 bits per heavy atom. The zero-order valence-corrected chi connectivity index (χ0v) is 12.2. The van der Waals surface area contributed by atoms with E-state index in [4.69, 9.17) is 11.5 Å². The summed E-state index contributed by atoms with van der Waals surface area (Å²) >= 11 is 0.740. The Morgan fingerprint density at radius 2 is 2.04 bits per heavy atom. The molecule has 1 amide bonds. The van der Waals surface area contributed by atoms with Gasteiger partial charge in [0.25, 0.3) is 5.91 Å². The second kappa shape index (κ2) is 5.20. The Bertz CT molecular complexity index is 906. The largest absolute Gasteiger partial charge is 0.417 e. The average molecular weight is 338 g/mol. The van der Waals surface area contributed by atoms with Crippen molar-refractivity contribution in [1.29, 1.82) is 0 Å². The van der Waals surface area contributed by atoms with E-state index in [1.807, 2.05) is 0 Å². The van der Waals surface area contributed by atoms with E-state index in [0.29, 0.717) is 5.56 Å². The zero-order valence-electron chi connectivity index (χ0n) is 11.4. The highest BCUT2D eigenvalue weighted by Crippen LogP contribution is 2.43. The lowest BCUT2D eigenvalue weighted by molar-refractivity contribution is -0.136. The molecule has 0 aliphatic rings. The summed E-state index contributed by atoms with van der Waals surface area (Å²) in [6, 6.07) is 4.08. The number of primary amides is 1. The maximum absolute atomic E-state index is 13.4. The normalized spacial score (nSPS) is 11.8. The minimum Gasteiger partial charge on any atom is -0.397 e. The van der Waals surface area contributed by atoms with Crippen molar-refractivity contribution in [3.05, 3.63) is 41.0 Å². The molecule has 118 valence electrons. The van der Waals surface area contributed by atoms with Crippen molar-refractivity contribution in [2.45, 2.75) is 6.18 Å². The molecule has 4 N–H and O–H groups in total. The first-order valence-electron chi connectivity index (χ1n) is 6.29. The number of rotatable bonds is 2. The van der Waals surface area contributed by atoms with Gasteiger partial charge in [-0.2, -0.15) is 13.2 Å². The van der Waals surface area contributed by atoms with Crippen molar-refractivity contribution in [2.24, 2.45) is 5.73 Å². The van der Waals surface area contributed by atoms with E-state index in [1.54, 1.807) is 12.1 Å². The van der Waals surface area contributed by atoms with Crippen LogP contribution in [-0.4, -0.2) is 15.9 Å². The lowest BCUT2D eigenvalue weighted by Crippen LogP contribution is -2.11. The van der Waals surface area contributed by atoms with Gasteiger partial charge < -0.3 is 11.5 Å². The minimum atomic E-state index is -4.65. The van der Waals surface area contributed by atoms with Gasteiger partial charge in [0.1, 0.15) is 9.71 Å². The summed E-state index contributed by atoms with van der Waals surface area (Å²) in [4.78, 5) is 19.2. The van der Waals surface area contributed by atoms with Crippen LogP contribution in [0, 0.1) is 0 Å². The number of nitrogens with zero attached hydrogens (tertiary/aromatic N) is 2. The molecular weight excluding hydrogens is 329 g/mol. The van der Waals surface area contributed by atoms with Crippen molar-refractivity contribution < 1.29 is 18.0 Å². The smallest absolute Gasteiger partial charge is 0.397 e. The molecule has 0 aromatic carbocycles. The van der Waals surface area contributed by atoms with Gasteiger partial charge in [-0.1, -0.05) is 0 Å². The molecule has 0 radical (unpaired) electrons. The summed E-state index contributed by atoms with van der Waals surface area (Å²) < 4.78 is 40.2. The van der Waals surface area contributed by atoms with Crippen LogP contribution < -0.4 is 11.5 Å². The Balaban J connectivity index is 2.38. The molecule has 3 aromatic rings. The highest BCUT2D eigenvalue weighted by Gasteiger charge is 2.36. The maximum atomic E-state index is 13.4. The number of hydrogen-bond donors (Lipinski definition) is 2. The van der Waals surface area contributed by atoms with E-state index >= 15 is 0 Å². The number of amides is 1. The molecule has 0 unspecified atom stereocenters. The summed E-state index contributed by atoms with van der Waals surface area (Å²) in [5.41, 5.74) is 10.1. The van der Waals surface area contributed by atoms with Crippen molar-refractivity contribution in [1.82, 2.24) is 9.97 Å². The lowest BCUT2D eigenvalue weighted by atomic mass is 10.1. The molecule has 0 saturated carbocycles. The van der Waals surface area contributed by atoms with E-state index in [-0.39, 0.29) is 26.5 Å². The van der Waals surface area contributed by atoms with Gasteiger partial charge in [-0.3, -0.25) is 9.78 Å². The molecule has 0 spiro atoms. The molecule has 3 rings (SSSR count). The molecule has 3 aromatic heterocycles. The summed E-state index contributed by atoms with van der Waals surface area (Å²) in [7, 11) is 0. The third kappa shape index (κ3) is 2.59. The van der Waals surface area contributed by atoms with Crippen LogP contribution in [0.4, 0.5) is 18.9 Å². The summed E-state index contributed by atoms with van der Waals surface area (Å²) in [6.07, 6.45) is -1.75. The van der Waals surface area contributed by atoms with Gasteiger partial charge >= 0.3 is 6.18 Å². The van der Waals surface area contributed by atoms with Gasteiger partial charge in [-0.05, 0) is 18.2 Å². The predicted octanol–water partition coefficient (Wildman–Crippen LogP) is 3.06. The maximum Gasteiger partial charge on any atom is 0.417 e. The number of halogens is 3. The molecule has 3 heterocycles. The number of aromatic nitrogens is 2. The quantitative estimate of drug-likeness (QED) is 0.751. The van der Waals surface area contributed by atoms with E-state index in [0.717, 1.165) is 17.4 Å². The highest BCUT2D eigenvalue weighted by molar-refractivity contribution is 7.21. The fourth-order valence-corrected chi connectivity index (χ4v) is 3.16. The number of carbonyl (C=O) groups excluding carboxylic acids is 1. The van der Waals surface area contributed by atoms with Gasteiger partial charge in [0.2, 0.25) is 0 Å².